The van der Waals surface area contributed by atoms with Gasteiger partial charge in [-0.15, -0.1) is 0 Å². The summed E-state index contributed by atoms with van der Waals surface area (Å²) in [7, 11) is -0.500. The molecule has 0 N–H and O–H groups in total. The first-order valence-electron chi connectivity index (χ1n) is 0.471. The molecule has 4 heteroatoms. The van der Waals surface area contributed by atoms with Gasteiger partial charge in [-0.2, -0.15) is 0 Å². The van der Waals surface area contributed by atoms with Gasteiger partial charge in [0.25, 0.3) is 0 Å². The molecule has 4 heavy (non-hydrogen) atoms. The van der Waals surface area contributed by atoms with Gasteiger partial charge in [-0.1, -0.05) is 0 Å². The first-order valence-corrected chi connectivity index (χ1v) is 0.471. The molecule has 0 heterocycles. The third-order valence-electron chi connectivity index (χ3n) is 0. The van der Waals surface area contributed by atoms with Crippen LogP contribution in [0.2, 0.25) is 0 Å². The first-order chi connectivity index (χ1) is 1.41. The van der Waals surface area contributed by atoms with Gasteiger partial charge in [0, 0.05) is 11.0 Å². The Morgan fingerprint density at radius 1 is 1.25 bits per heavy atom. The Hall–Kier alpha value is 0.202. The summed E-state index contributed by atoms with van der Waals surface area (Å²) in [5, 5.41) is 16.5. The summed E-state index contributed by atoms with van der Waals surface area (Å²) >= 11 is 0. The zero-order chi connectivity index (χ0) is 2.71. The van der Waals surface area contributed by atoms with Crippen molar-refractivity contribution in [2.45, 2.75) is 0 Å². The van der Waals surface area contributed by atoms with Crippen molar-refractivity contribution in [3.63, 3.8) is 0 Å². The second-order valence-electron chi connectivity index (χ2n) is 0.0962. The minimum atomic E-state index is -0.500. The second-order valence-corrected chi connectivity index (χ2v) is 0.0962. The van der Waals surface area contributed by atoms with Gasteiger partial charge < -0.3 is 10.0 Å². The summed E-state index contributed by atoms with van der Waals surface area (Å²) in [5.41, 5.74) is 0. The van der Waals surface area contributed by atoms with Crippen molar-refractivity contribution >= 4 is 18.7 Å². The molecule has 0 aromatic rings. The maximum Gasteiger partial charge on any atom is 0 e. The van der Waals surface area contributed by atoms with Gasteiger partial charge in [0.05, 0.1) is 0 Å². The molecule has 5 radical (unpaired) electrons. The molecule has 0 aliphatic heterocycles. The third-order valence-corrected chi connectivity index (χ3v) is 0. The fraction of sp³-hybridized carbons (Fsp3) is 0. The Morgan fingerprint density at radius 2 is 1.25 bits per heavy atom. The van der Waals surface area contributed by atoms with Crippen LogP contribution in [0.3, 0.4) is 0 Å². The Morgan fingerprint density at radius 3 is 1.25 bits per heavy atom. The molecular weight excluding hydrogens is 70.9 g/mol. The maximum atomic E-state index is 8.25. The highest BCUT2D eigenvalue weighted by Crippen LogP contribution is 0.686. The fourth-order valence-corrected chi connectivity index (χ4v) is 0. The molecule has 0 fully saturated rings. The molecular formula is BO2Si-2. The van der Waals surface area contributed by atoms with Crippen LogP contribution in [0.4, 0.5) is 0 Å². The zero-order valence-corrected chi connectivity index (χ0v) is 2.89. The summed E-state index contributed by atoms with van der Waals surface area (Å²) in [5.74, 6) is 0. The quantitative estimate of drug-likeness (QED) is 0.283. The van der Waals surface area contributed by atoms with Crippen LogP contribution in [0.15, 0.2) is 0 Å². The number of rotatable bonds is 0. The number of hydrogen-bond donors (Lipinski definition) is 0. The van der Waals surface area contributed by atoms with Gasteiger partial charge in [-0.05, 0) is 0 Å². The van der Waals surface area contributed by atoms with Gasteiger partial charge in [0.2, 0.25) is 0 Å². The van der Waals surface area contributed by atoms with E-state index in [2.05, 4.69) is 0 Å². The zero-order valence-electron chi connectivity index (χ0n) is 1.89. The van der Waals surface area contributed by atoms with Crippen LogP contribution >= 0.6 is 0 Å². The lowest BCUT2D eigenvalue weighted by Gasteiger charge is -2.01. The molecule has 2 nitrogen and oxygen atoms in total. The van der Waals surface area contributed by atoms with E-state index in [-0.39, 0.29) is 11.0 Å². The minimum absolute atomic E-state index is 0. The topological polar surface area (TPSA) is 46.1 Å². The largest absolute Gasteiger partial charge is 0.900 e. The van der Waals surface area contributed by atoms with E-state index in [9.17, 15) is 0 Å². The van der Waals surface area contributed by atoms with E-state index >= 15 is 0 Å². The Balaban J connectivity index is 0. The van der Waals surface area contributed by atoms with Gasteiger partial charge in [0.15, 0.2) is 0 Å². The summed E-state index contributed by atoms with van der Waals surface area (Å²) in [4.78, 5) is 0. The van der Waals surface area contributed by atoms with Gasteiger partial charge in [-0.25, -0.2) is 7.69 Å². The van der Waals surface area contributed by atoms with Gasteiger partial charge in [0.1, 0.15) is 0 Å². The van der Waals surface area contributed by atoms with Crippen molar-refractivity contribution in [3.8, 4) is 0 Å². The molecule has 0 amide bonds. The average Bonchev–Trinajstić information content (AvgIpc) is 0.918. The average molecular weight is 70.9 g/mol. The molecule has 0 aromatic carbocycles. The Kier molecular flexibility index (Phi) is 23.9. The summed E-state index contributed by atoms with van der Waals surface area (Å²) in [6.07, 6.45) is 0. The molecule has 0 aromatic heterocycles. The monoisotopic (exact) mass is 71.0 g/mol. The smallest absolute Gasteiger partial charge is 0 e. The number of hydrogen-bond acceptors (Lipinski definition) is 2. The molecule has 0 bridgehead atoms. The van der Waals surface area contributed by atoms with Crippen LogP contribution in [0, 0.1) is 0 Å². The van der Waals surface area contributed by atoms with E-state index in [1.54, 1.807) is 0 Å². The Labute approximate surface area is 29.8 Å². The van der Waals surface area contributed by atoms with E-state index in [1.807, 2.05) is 0 Å². The minimum Gasteiger partial charge on any atom is -0.900 e. The van der Waals surface area contributed by atoms with E-state index in [1.165, 1.54) is 0 Å². The first kappa shape index (κ1) is 8.89. The summed E-state index contributed by atoms with van der Waals surface area (Å²) in [6.45, 7) is 0. The lowest BCUT2D eigenvalue weighted by molar-refractivity contribution is -0.328. The van der Waals surface area contributed by atoms with Crippen LogP contribution < -0.4 is 10.0 Å². The highest BCUT2D eigenvalue weighted by molar-refractivity contribution is 6.08. The third kappa shape index (κ3) is 78.1. The second kappa shape index (κ2) is 10.7. The van der Waals surface area contributed by atoms with E-state index in [0.29, 0.717) is 0 Å². The van der Waals surface area contributed by atoms with Crippen molar-refractivity contribution in [2.24, 2.45) is 0 Å². The van der Waals surface area contributed by atoms with Gasteiger partial charge >= 0.3 is 0 Å². The highest BCUT2D eigenvalue weighted by Gasteiger charge is 0.907. The predicted molar refractivity (Wildman–Crippen MR) is 11.5 cm³/mol. The summed E-state index contributed by atoms with van der Waals surface area (Å²) < 4.78 is 0. The van der Waals surface area contributed by atoms with Crippen molar-refractivity contribution in [2.75, 3.05) is 0 Å². The van der Waals surface area contributed by atoms with Crippen LogP contribution in [0.1, 0.15) is 0 Å². The molecule has 0 saturated heterocycles. The predicted octanol–water partition coefficient (Wildman–Crippen LogP) is -3.14. The maximum absolute atomic E-state index is 8.25. The van der Waals surface area contributed by atoms with Gasteiger partial charge in [-0.3, -0.25) is 0 Å². The SMILES string of the molecule is [O-][B][O-].[Si]. The van der Waals surface area contributed by atoms with Crippen LogP contribution in [-0.2, 0) is 0 Å². The van der Waals surface area contributed by atoms with E-state index < -0.39 is 7.69 Å². The van der Waals surface area contributed by atoms with Crippen molar-refractivity contribution < 1.29 is 10.0 Å². The standard InChI is InChI=1S/BO2.Si/c2-1-3;/q-2;. The summed E-state index contributed by atoms with van der Waals surface area (Å²) in [6, 6.07) is 0. The molecule has 0 spiro atoms. The van der Waals surface area contributed by atoms with Crippen molar-refractivity contribution in [3.05, 3.63) is 0 Å². The molecule has 0 saturated carbocycles. The van der Waals surface area contributed by atoms with Crippen LogP contribution in [0.25, 0.3) is 0 Å². The van der Waals surface area contributed by atoms with Crippen LogP contribution in [-0.4, -0.2) is 18.7 Å². The lowest BCUT2D eigenvalue weighted by Crippen LogP contribution is -2.26. The van der Waals surface area contributed by atoms with E-state index in [0.717, 1.165) is 0 Å². The molecule has 0 unspecified atom stereocenters. The molecule has 21 valence electrons. The lowest BCUT2D eigenvalue weighted by atomic mass is 10.5. The molecule has 0 rings (SSSR count). The normalized spacial score (nSPS) is 3.50. The molecule has 0 aliphatic carbocycles. The highest BCUT2D eigenvalue weighted by atomic mass is 28.1. The fourth-order valence-electron chi connectivity index (χ4n) is 0. The van der Waals surface area contributed by atoms with Crippen molar-refractivity contribution in [1.82, 2.24) is 0 Å². The molecule has 0 aliphatic rings. The molecule has 0 atom stereocenters. The Bertz CT molecular complexity index is 6.00. The van der Waals surface area contributed by atoms with Crippen LogP contribution in [0.5, 0.6) is 0 Å². The van der Waals surface area contributed by atoms with Crippen molar-refractivity contribution in [1.29, 1.82) is 0 Å². The van der Waals surface area contributed by atoms with E-state index in [4.69, 9.17) is 10.0 Å².